The molecule has 1 aromatic carbocycles. The first-order valence-corrected chi connectivity index (χ1v) is 3.30. The van der Waals surface area contributed by atoms with Crippen molar-refractivity contribution in [1.82, 2.24) is 0 Å². The molecule has 2 N–H and O–H groups in total. The van der Waals surface area contributed by atoms with E-state index in [0.29, 0.717) is 10.7 Å². The fourth-order valence-electron chi connectivity index (χ4n) is 0.726. The number of halogens is 1. The van der Waals surface area contributed by atoms with Gasteiger partial charge in [-0.15, -0.1) is 0 Å². The van der Waals surface area contributed by atoms with E-state index in [2.05, 4.69) is 6.58 Å². The molecular weight excluding hydrogens is 146 g/mol. The predicted molar refractivity (Wildman–Crippen MR) is 46.0 cm³/mol. The Labute approximate surface area is 65.1 Å². The third-order valence-corrected chi connectivity index (χ3v) is 1.71. The number of benzene rings is 1. The molecule has 0 unspecified atom stereocenters. The number of nitrogen functional groups attached to an aromatic ring is 1. The predicted octanol–water partition coefficient (Wildman–Crippen LogP) is 2.57. The third-order valence-electron chi connectivity index (χ3n) is 1.28. The summed E-state index contributed by atoms with van der Waals surface area (Å²) in [5.74, 6) is 0. The molecule has 2 heteroatoms. The zero-order valence-electron chi connectivity index (χ0n) is 5.47. The van der Waals surface area contributed by atoms with Gasteiger partial charge in [0.1, 0.15) is 0 Å². The molecule has 1 aromatic rings. The number of anilines is 1. The van der Waals surface area contributed by atoms with Crippen LogP contribution < -0.4 is 5.73 Å². The molecule has 1 nitrogen and oxygen atoms in total. The summed E-state index contributed by atoms with van der Waals surface area (Å²) in [5.41, 5.74) is 6.99. The second-order valence-electron chi connectivity index (χ2n) is 1.95. The van der Waals surface area contributed by atoms with Crippen molar-refractivity contribution in [3.05, 3.63) is 35.4 Å². The van der Waals surface area contributed by atoms with Crippen LogP contribution in [0.15, 0.2) is 24.8 Å². The van der Waals surface area contributed by atoms with E-state index < -0.39 is 0 Å². The summed E-state index contributed by atoms with van der Waals surface area (Å²) in [6.07, 6.45) is 1.68. The van der Waals surface area contributed by atoms with Crippen LogP contribution in [-0.2, 0) is 0 Å². The van der Waals surface area contributed by atoms with Gasteiger partial charge in [-0.2, -0.15) is 0 Å². The van der Waals surface area contributed by atoms with Crippen molar-refractivity contribution in [3.63, 3.8) is 0 Å². The van der Waals surface area contributed by atoms with Crippen LogP contribution >= 0.6 is 11.6 Å². The maximum absolute atomic E-state index is 5.80. The lowest BCUT2D eigenvalue weighted by Gasteiger charge is -1.99. The summed E-state index contributed by atoms with van der Waals surface area (Å²) < 4.78 is 0. The van der Waals surface area contributed by atoms with Crippen molar-refractivity contribution in [2.75, 3.05) is 5.73 Å². The van der Waals surface area contributed by atoms with Gasteiger partial charge in [0.2, 0.25) is 0 Å². The molecule has 10 heavy (non-hydrogen) atoms. The maximum Gasteiger partial charge on any atom is 0.0707 e. The van der Waals surface area contributed by atoms with Gasteiger partial charge in [-0.3, -0.25) is 0 Å². The number of hydrogen-bond acceptors (Lipinski definition) is 1. The van der Waals surface area contributed by atoms with Gasteiger partial charge in [-0.1, -0.05) is 36.4 Å². The van der Waals surface area contributed by atoms with E-state index in [1.807, 2.05) is 12.1 Å². The Bertz CT molecular complexity index is 255. The van der Waals surface area contributed by atoms with Crippen molar-refractivity contribution in [2.45, 2.75) is 0 Å². The Kier molecular flexibility index (Phi) is 1.97. The molecule has 1 rings (SSSR count). The first-order chi connectivity index (χ1) is 4.75. The minimum Gasteiger partial charge on any atom is -0.398 e. The molecule has 0 heterocycles. The summed E-state index contributed by atoms with van der Waals surface area (Å²) in [6.45, 7) is 3.59. The number of hydrogen-bond donors (Lipinski definition) is 1. The molecule has 0 aliphatic heterocycles. The highest BCUT2D eigenvalue weighted by molar-refractivity contribution is 6.34. The molecule has 0 saturated carbocycles. The lowest BCUT2D eigenvalue weighted by atomic mass is 10.2. The fraction of sp³-hybridized carbons (Fsp3) is 0. The largest absolute Gasteiger partial charge is 0.398 e. The molecule has 0 aliphatic carbocycles. The Hall–Kier alpha value is -0.950. The van der Waals surface area contributed by atoms with Crippen LogP contribution in [0.2, 0.25) is 5.02 Å². The van der Waals surface area contributed by atoms with E-state index >= 15 is 0 Å². The van der Waals surface area contributed by atoms with Gasteiger partial charge in [0.15, 0.2) is 0 Å². The van der Waals surface area contributed by atoms with Crippen LogP contribution in [0.25, 0.3) is 6.08 Å². The van der Waals surface area contributed by atoms with E-state index in [4.69, 9.17) is 17.3 Å². The molecule has 0 aliphatic rings. The summed E-state index contributed by atoms with van der Waals surface area (Å²) in [4.78, 5) is 0. The van der Waals surface area contributed by atoms with Gasteiger partial charge in [0.05, 0.1) is 10.7 Å². The molecule has 0 atom stereocenters. The molecule has 0 spiro atoms. The summed E-state index contributed by atoms with van der Waals surface area (Å²) in [7, 11) is 0. The average Bonchev–Trinajstić information content (AvgIpc) is 1.95. The van der Waals surface area contributed by atoms with Crippen LogP contribution in [-0.4, -0.2) is 0 Å². The van der Waals surface area contributed by atoms with Gasteiger partial charge in [-0.25, -0.2) is 0 Å². The minimum atomic E-state index is 0.581. The third kappa shape index (κ3) is 1.14. The maximum atomic E-state index is 5.80. The van der Waals surface area contributed by atoms with Crippen molar-refractivity contribution >= 4 is 23.4 Å². The highest BCUT2D eigenvalue weighted by Crippen LogP contribution is 2.23. The zero-order chi connectivity index (χ0) is 7.56. The second-order valence-corrected chi connectivity index (χ2v) is 2.33. The first kappa shape index (κ1) is 7.16. The van der Waals surface area contributed by atoms with Crippen LogP contribution in [0.1, 0.15) is 5.56 Å². The molecule has 0 amide bonds. The second kappa shape index (κ2) is 2.76. The van der Waals surface area contributed by atoms with Crippen molar-refractivity contribution < 1.29 is 0 Å². The Morgan fingerprint density at radius 2 is 2.20 bits per heavy atom. The monoisotopic (exact) mass is 153 g/mol. The molecule has 52 valence electrons. The summed E-state index contributed by atoms with van der Waals surface area (Å²) >= 11 is 5.80. The van der Waals surface area contributed by atoms with E-state index in [9.17, 15) is 0 Å². The van der Waals surface area contributed by atoms with Crippen molar-refractivity contribution in [3.8, 4) is 0 Å². The van der Waals surface area contributed by atoms with E-state index in [-0.39, 0.29) is 0 Å². The van der Waals surface area contributed by atoms with Gasteiger partial charge in [0.25, 0.3) is 0 Å². The van der Waals surface area contributed by atoms with Crippen molar-refractivity contribution in [2.24, 2.45) is 0 Å². The summed E-state index contributed by atoms with van der Waals surface area (Å²) in [5, 5.41) is 0.581. The standard InChI is InChI=1S/C8H8ClN/c1-2-6-4-3-5-7(10)8(6)9/h2-5H,1,10H2. The average molecular weight is 154 g/mol. The van der Waals surface area contributed by atoms with Gasteiger partial charge < -0.3 is 5.73 Å². The van der Waals surface area contributed by atoms with Gasteiger partial charge in [-0.05, 0) is 11.6 Å². The minimum absolute atomic E-state index is 0.581. The Balaban J connectivity index is 3.27. The number of nitrogens with two attached hydrogens (primary N) is 1. The quantitative estimate of drug-likeness (QED) is 0.617. The van der Waals surface area contributed by atoms with E-state index in [1.165, 1.54) is 0 Å². The zero-order valence-corrected chi connectivity index (χ0v) is 6.23. The van der Waals surface area contributed by atoms with Crippen LogP contribution in [0, 0.1) is 0 Å². The van der Waals surface area contributed by atoms with E-state index in [1.54, 1.807) is 12.1 Å². The molecule has 0 radical (unpaired) electrons. The Morgan fingerprint density at radius 3 is 2.70 bits per heavy atom. The van der Waals surface area contributed by atoms with Gasteiger partial charge in [0, 0.05) is 0 Å². The first-order valence-electron chi connectivity index (χ1n) is 2.92. The number of rotatable bonds is 1. The Morgan fingerprint density at radius 1 is 1.50 bits per heavy atom. The topological polar surface area (TPSA) is 26.0 Å². The highest BCUT2D eigenvalue weighted by atomic mass is 35.5. The lowest BCUT2D eigenvalue weighted by Crippen LogP contribution is -1.86. The molecule has 0 aromatic heterocycles. The SMILES string of the molecule is C=Cc1cccc(N)c1Cl. The van der Waals surface area contributed by atoms with Crippen molar-refractivity contribution in [1.29, 1.82) is 0 Å². The molecular formula is C8H8ClN. The normalized spacial score (nSPS) is 9.30. The molecule has 0 bridgehead atoms. The van der Waals surface area contributed by atoms with E-state index in [0.717, 1.165) is 5.56 Å². The summed E-state index contributed by atoms with van der Waals surface area (Å²) in [6, 6.07) is 5.47. The van der Waals surface area contributed by atoms with Crippen LogP contribution in [0.5, 0.6) is 0 Å². The molecule has 0 saturated heterocycles. The van der Waals surface area contributed by atoms with Crippen LogP contribution in [0.3, 0.4) is 0 Å². The molecule has 0 fully saturated rings. The highest BCUT2D eigenvalue weighted by Gasteiger charge is 1.97. The fourth-order valence-corrected chi connectivity index (χ4v) is 0.929. The van der Waals surface area contributed by atoms with Crippen LogP contribution in [0.4, 0.5) is 5.69 Å². The lowest BCUT2D eigenvalue weighted by molar-refractivity contribution is 1.64. The van der Waals surface area contributed by atoms with Gasteiger partial charge >= 0.3 is 0 Å². The smallest absolute Gasteiger partial charge is 0.0707 e.